The minimum atomic E-state index is -3.64. The second-order valence-electron chi connectivity index (χ2n) is 3.47. The van der Waals surface area contributed by atoms with Crippen LogP contribution in [0.15, 0.2) is 30.3 Å². The fourth-order valence-electron chi connectivity index (χ4n) is 0.955. The third-order valence-corrected chi connectivity index (χ3v) is 1.62. The van der Waals surface area contributed by atoms with E-state index in [0.29, 0.717) is 6.42 Å². The minimum absolute atomic E-state index is 0.385. The van der Waals surface area contributed by atoms with Crippen molar-refractivity contribution in [1.29, 1.82) is 0 Å². The Kier molecular flexibility index (Phi) is 6.68. The number of carboxylic acids is 1. The molecule has 6 nitrogen and oxygen atoms in total. The van der Waals surface area contributed by atoms with Crippen LogP contribution >= 0.6 is 7.60 Å². The number of carbonyl (C=O) groups is 1. The molecular weight excluding hydrogens is 245 g/mol. The number of rotatable bonds is 3. The summed E-state index contributed by atoms with van der Waals surface area (Å²) >= 11 is 0. The molecule has 1 rings (SSSR count). The Morgan fingerprint density at radius 3 is 2.12 bits per heavy atom. The summed E-state index contributed by atoms with van der Waals surface area (Å²) in [4.78, 5) is 25.6. The van der Waals surface area contributed by atoms with Crippen molar-refractivity contribution < 1.29 is 24.3 Å². The average Bonchev–Trinajstić information content (AvgIpc) is 2.16. The minimum Gasteiger partial charge on any atom is -0.480 e. The van der Waals surface area contributed by atoms with Gasteiger partial charge in [-0.15, -0.1) is 0 Å². The quantitative estimate of drug-likeness (QED) is 0.586. The van der Waals surface area contributed by atoms with E-state index in [1.807, 2.05) is 30.3 Å². The zero-order chi connectivity index (χ0) is 13.5. The van der Waals surface area contributed by atoms with Crippen LogP contribution in [0.25, 0.3) is 0 Å². The molecule has 1 aromatic rings. The first kappa shape index (κ1) is 15.8. The van der Waals surface area contributed by atoms with Crippen LogP contribution < -0.4 is 5.73 Å². The summed E-state index contributed by atoms with van der Waals surface area (Å²) < 4.78 is 9.33. The van der Waals surface area contributed by atoms with E-state index in [4.69, 9.17) is 20.6 Å². The molecule has 0 saturated heterocycles. The summed E-state index contributed by atoms with van der Waals surface area (Å²) in [6, 6.07) is 8.54. The fraction of sp³-hybridized carbons (Fsp3) is 0.300. The molecule has 0 heterocycles. The van der Waals surface area contributed by atoms with Gasteiger partial charge in [0.05, 0.1) is 0 Å². The monoisotopic (exact) mass is 261 g/mol. The van der Waals surface area contributed by atoms with E-state index in [-0.39, 0.29) is 0 Å². The molecule has 0 fully saturated rings. The van der Waals surface area contributed by atoms with E-state index in [2.05, 4.69) is 0 Å². The van der Waals surface area contributed by atoms with E-state index in [1.54, 1.807) is 0 Å². The summed E-state index contributed by atoms with van der Waals surface area (Å²) in [5.74, 6) is -0.959. The van der Waals surface area contributed by atoms with Crippen molar-refractivity contribution in [3.63, 3.8) is 0 Å². The lowest BCUT2D eigenvalue weighted by molar-refractivity contribution is -0.138. The van der Waals surface area contributed by atoms with Crippen molar-refractivity contribution in [2.45, 2.75) is 12.5 Å². The van der Waals surface area contributed by atoms with E-state index < -0.39 is 19.6 Å². The third kappa shape index (κ3) is 11.1. The molecule has 17 heavy (non-hydrogen) atoms. The Bertz CT molecular complexity index is 381. The number of carboxylic acid groups (broad SMARTS) is 1. The van der Waals surface area contributed by atoms with Crippen molar-refractivity contribution in [3.05, 3.63) is 35.9 Å². The molecule has 0 aromatic heterocycles. The Morgan fingerprint density at radius 1 is 1.35 bits per heavy atom. The zero-order valence-electron chi connectivity index (χ0n) is 9.35. The smallest absolute Gasteiger partial charge is 0.322 e. The van der Waals surface area contributed by atoms with Crippen molar-refractivity contribution in [2.24, 2.45) is 5.73 Å². The lowest BCUT2D eigenvalue weighted by Gasteiger charge is -2.04. The summed E-state index contributed by atoms with van der Waals surface area (Å²) in [6.07, 6.45) is 0.385. The Morgan fingerprint density at radius 2 is 1.76 bits per heavy atom. The molecule has 0 unspecified atom stereocenters. The Balaban J connectivity index is 0.000000437. The number of aliphatic carboxylic acids is 1. The summed E-state index contributed by atoms with van der Waals surface area (Å²) in [5, 5.41) is 8.52. The SMILES string of the molecule is CP(=O)(O)O.N[C@@H](Cc1ccccc1)C(=O)O. The molecule has 1 atom stereocenters. The zero-order valence-corrected chi connectivity index (χ0v) is 10.2. The molecule has 0 bridgehead atoms. The van der Waals surface area contributed by atoms with Crippen LogP contribution in [0.5, 0.6) is 0 Å². The number of hydrogen-bond donors (Lipinski definition) is 4. The topological polar surface area (TPSA) is 121 Å². The maximum absolute atomic E-state index is 10.4. The van der Waals surface area contributed by atoms with Crippen LogP contribution in [0.2, 0.25) is 0 Å². The molecule has 0 spiro atoms. The van der Waals surface area contributed by atoms with Gasteiger partial charge in [0.2, 0.25) is 0 Å². The molecule has 1 aromatic carbocycles. The second kappa shape index (κ2) is 7.19. The first-order valence-corrected chi connectivity index (χ1v) is 6.81. The summed E-state index contributed by atoms with van der Waals surface area (Å²) in [6.45, 7) is 0.854. The second-order valence-corrected chi connectivity index (χ2v) is 5.14. The van der Waals surface area contributed by atoms with Crippen LogP contribution in [-0.2, 0) is 15.8 Å². The largest absolute Gasteiger partial charge is 0.480 e. The van der Waals surface area contributed by atoms with Gasteiger partial charge >= 0.3 is 13.6 Å². The summed E-state index contributed by atoms with van der Waals surface area (Å²) in [5.41, 5.74) is 6.30. The van der Waals surface area contributed by atoms with E-state index in [9.17, 15) is 9.36 Å². The molecule has 0 aliphatic rings. The lowest BCUT2D eigenvalue weighted by Crippen LogP contribution is -2.32. The molecule has 5 N–H and O–H groups in total. The van der Waals surface area contributed by atoms with Gasteiger partial charge in [0.25, 0.3) is 0 Å². The van der Waals surface area contributed by atoms with Crippen LogP contribution in [0.4, 0.5) is 0 Å². The highest BCUT2D eigenvalue weighted by molar-refractivity contribution is 7.50. The molecule has 0 amide bonds. The first-order chi connectivity index (χ1) is 7.70. The number of hydrogen-bond acceptors (Lipinski definition) is 3. The van der Waals surface area contributed by atoms with E-state index in [0.717, 1.165) is 12.2 Å². The van der Waals surface area contributed by atoms with Crippen LogP contribution in [0.3, 0.4) is 0 Å². The van der Waals surface area contributed by atoms with Gasteiger partial charge in [-0.25, -0.2) is 0 Å². The van der Waals surface area contributed by atoms with Crippen molar-refractivity contribution in [3.8, 4) is 0 Å². The van der Waals surface area contributed by atoms with Gasteiger partial charge in [-0.2, -0.15) is 0 Å². The van der Waals surface area contributed by atoms with Crippen molar-refractivity contribution in [1.82, 2.24) is 0 Å². The van der Waals surface area contributed by atoms with Crippen LogP contribution in [-0.4, -0.2) is 33.6 Å². The predicted octanol–water partition coefficient (Wildman–Crippen LogP) is 0.435. The van der Waals surface area contributed by atoms with Gasteiger partial charge in [-0.3, -0.25) is 9.36 Å². The van der Waals surface area contributed by atoms with Gasteiger partial charge in [0.1, 0.15) is 6.04 Å². The molecule has 0 radical (unpaired) electrons. The highest BCUT2D eigenvalue weighted by atomic mass is 31.2. The Hall–Kier alpha value is -1.20. The van der Waals surface area contributed by atoms with Gasteiger partial charge < -0.3 is 20.6 Å². The van der Waals surface area contributed by atoms with Crippen LogP contribution in [0.1, 0.15) is 5.56 Å². The molecule has 96 valence electrons. The number of benzene rings is 1. The van der Waals surface area contributed by atoms with Gasteiger partial charge in [-0.05, 0) is 12.0 Å². The van der Waals surface area contributed by atoms with Gasteiger partial charge in [0.15, 0.2) is 0 Å². The van der Waals surface area contributed by atoms with Crippen LogP contribution in [0, 0.1) is 0 Å². The maximum atomic E-state index is 10.4. The average molecular weight is 261 g/mol. The normalized spacial score (nSPS) is 12.2. The molecule has 0 aliphatic carbocycles. The standard InChI is InChI=1S/C9H11NO2.CH5O3P/c10-8(9(11)12)6-7-4-2-1-3-5-7;1-5(2,3)4/h1-5,8H,6,10H2,(H,11,12);1H3,(H2,2,3,4)/t8-;/m0./s1. The van der Waals surface area contributed by atoms with Crippen molar-refractivity contribution >= 4 is 13.6 Å². The first-order valence-electron chi connectivity index (χ1n) is 4.75. The maximum Gasteiger partial charge on any atom is 0.322 e. The fourth-order valence-corrected chi connectivity index (χ4v) is 0.955. The number of nitrogens with two attached hydrogens (primary N) is 1. The van der Waals surface area contributed by atoms with Crippen molar-refractivity contribution in [2.75, 3.05) is 6.66 Å². The molecule has 0 aliphatic heterocycles. The third-order valence-electron chi connectivity index (χ3n) is 1.62. The van der Waals surface area contributed by atoms with E-state index in [1.165, 1.54) is 0 Å². The Labute approximate surface area is 99.2 Å². The van der Waals surface area contributed by atoms with Gasteiger partial charge in [0, 0.05) is 6.66 Å². The van der Waals surface area contributed by atoms with E-state index >= 15 is 0 Å². The molecular formula is C10H16NO5P. The highest BCUT2D eigenvalue weighted by Gasteiger charge is 2.10. The molecule has 7 heteroatoms. The summed E-state index contributed by atoms with van der Waals surface area (Å²) in [7, 11) is -3.64. The van der Waals surface area contributed by atoms with Gasteiger partial charge in [-0.1, -0.05) is 30.3 Å². The predicted molar refractivity (Wildman–Crippen MR) is 63.7 cm³/mol. The molecule has 0 saturated carbocycles. The lowest BCUT2D eigenvalue weighted by atomic mass is 10.1. The highest BCUT2D eigenvalue weighted by Crippen LogP contribution is 2.26.